The number of benzene rings is 3. The summed E-state index contributed by atoms with van der Waals surface area (Å²) in [6.07, 6.45) is 4.79. The number of ether oxygens (including phenoxy) is 3. The van der Waals surface area contributed by atoms with Gasteiger partial charge in [0, 0.05) is 49.2 Å². The van der Waals surface area contributed by atoms with Crippen molar-refractivity contribution in [1.82, 2.24) is 29.1 Å². The third-order valence-electron chi connectivity index (χ3n) is 9.11. The molecule has 2 fully saturated rings. The topological polar surface area (TPSA) is 105 Å². The summed E-state index contributed by atoms with van der Waals surface area (Å²) in [7, 11) is 0. The molecule has 0 aliphatic carbocycles. The van der Waals surface area contributed by atoms with Gasteiger partial charge in [-0.2, -0.15) is 10.2 Å². The molecule has 3 aromatic carbocycles. The van der Waals surface area contributed by atoms with E-state index in [-0.39, 0.29) is 37.1 Å². The standard InChI is InChI=1S/C35H38F2N8O4/c1-3-25(2)45-34(46)44(24-40-45)31-6-4-29(5-7-31)41-12-14-42(15-13-41)30-8-10-32(11-9-30)47-19-33-20-48-35(49-33,21-43-23-38-22-39-43)26-16-27(36)18-28(37)17-26/h4-11,16-18,22-25,33H,3,12-15,19-21H2,1-2H3/t25?,33-,35-/m0/s1. The molecule has 12 nitrogen and oxygen atoms in total. The maximum absolute atomic E-state index is 14.1. The van der Waals surface area contributed by atoms with E-state index in [0.29, 0.717) is 5.75 Å². The minimum Gasteiger partial charge on any atom is -0.491 e. The van der Waals surface area contributed by atoms with Crippen LogP contribution in [0.4, 0.5) is 20.2 Å². The number of hydrogen-bond donors (Lipinski definition) is 0. The Labute approximate surface area is 282 Å². The van der Waals surface area contributed by atoms with Gasteiger partial charge in [-0.1, -0.05) is 6.92 Å². The molecule has 2 aliphatic heterocycles. The summed E-state index contributed by atoms with van der Waals surface area (Å²) in [5, 5.41) is 8.40. The number of nitrogens with zero attached hydrogens (tertiary/aromatic N) is 8. The summed E-state index contributed by atoms with van der Waals surface area (Å²) >= 11 is 0. The van der Waals surface area contributed by atoms with Crippen LogP contribution in [0.1, 0.15) is 31.9 Å². The van der Waals surface area contributed by atoms with Crippen LogP contribution in [0.25, 0.3) is 5.69 Å². The van der Waals surface area contributed by atoms with Crippen molar-refractivity contribution in [3.63, 3.8) is 0 Å². The van der Waals surface area contributed by atoms with Crippen molar-refractivity contribution in [3.8, 4) is 11.4 Å². The maximum atomic E-state index is 14.1. The van der Waals surface area contributed by atoms with Gasteiger partial charge in [0.05, 0.1) is 18.3 Å². The highest BCUT2D eigenvalue weighted by atomic mass is 19.1. The molecule has 0 spiro atoms. The highest BCUT2D eigenvalue weighted by Crippen LogP contribution is 2.37. The van der Waals surface area contributed by atoms with E-state index < -0.39 is 23.5 Å². The van der Waals surface area contributed by atoms with Crippen molar-refractivity contribution in [2.45, 2.75) is 44.7 Å². The molecule has 2 aliphatic rings. The van der Waals surface area contributed by atoms with Crippen molar-refractivity contribution in [2.24, 2.45) is 0 Å². The van der Waals surface area contributed by atoms with Crippen molar-refractivity contribution in [3.05, 3.63) is 113 Å². The Morgan fingerprint density at radius 2 is 1.53 bits per heavy atom. The zero-order chi connectivity index (χ0) is 34.0. The fourth-order valence-corrected chi connectivity index (χ4v) is 6.23. The Morgan fingerprint density at radius 1 is 0.898 bits per heavy atom. The van der Waals surface area contributed by atoms with Crippen molar-refractivity contribution in [2.75, 3.05) is 49.2 Å². The predicted octanol–water partition coefficient (Wildman–Crippen LogP) is 4.55. The summed E-state index contributed by atoms with van der Waals surface area (Å²) in [4.78, 5) is 21.4. The fraction of sp³-hybridized carbons (Fsp3) is 0.371. The molecule has 0 saturated carbocycles. The zero-order valence-electron chi connectivity index (χ0n) is 27.4. The molecule has 14 heteroatoms. The highest BCUT2D eigenvalue weighted by molar-refractivity contribution is 5.54. The zero-order valence-corrected chi connectivity index (χ0v) is 27.4. The maximum Gasteiger partial charge on any atom is 0.350 e. The van der Waals surface area contributed by atoms with Gasteiger partial charge in [0.15, 0.2) is 0 Å². The molecule has 256 valence electrons. The lowest BCUT2D eigenvalue weighted by Gasteiger charge is -2.37. The van der Waals surface area contributed by atoms with Crippen molar-refractivity contribution >= 4 is 11.4 Å². The van der Waals surface area contributed by atoms with Crippen LogP contribution >= 0.6 is 0 Å². The lowest BCUT2D eigenvalue weighted by molar-refractivity contribution is -0.191. The molecule has 4 heterocycles. The third kappa shape index (κ3) is 6.92. The monoisotopic (exact) mass is 672 g/mol. The number of hydrogen-bond acceptors (Lipinski definition) is 9. The van der Waals surface area contributed by atoms with Crippen LogP contribution in [-0.4, -0.2) is 74.6 Å². The molecule has 0 N–H and O–H groups in total. The molecule has 7 rings (SSSR count). The van der Waals surface area contributed by atoms with Crippen LogP contribution in [-0.2, 0) is 21.8 Å². The van der Waals surface area contributed by atoms with Crippen molar-refractivity contribution in [1.29, 1.82) is 0 Å². The number of halogens is 2. The Balaban J connectivity index is 0.925. The summed E-state index contributed by atoms with van der Waals surface area (Å²) in [5.41, 5.74) is 3.09. The first kappa shape index (κ1) is 32.5. The largest absolute Gasteiger partial charge is 0.491 e. The molecule has 0 bridgehead atoms. The van der Waals surface area contributed by atoms with Crippen LogP contribution in [0.15, 0.2) is 90.5 Å². The van der Waals surface area contributed by atoms with Crippen LogP contribution in [0.3, 0.4) is 0 Å². The number of aromatic nitrogens is 6. The van der Waals surface area contributed by atoms with Crippen LogP contribution in [0.5, 0.6) is 5.75 Å². The molecule has 2 aromatic heterocycles. The lowest BCUT2D eigenvalue weighted by atomic mass is 10.1. The number of rotatable bonds is 11. The van der Waals surface area contributed by atoms with Gasteiger partial charge >= 0.3 is 5.69 Å². The number of piperazine rings is 1. The quantitative estimate of drug-likeness (QED) is 0.200. The van der Waals surface area contributed by atoms with E-state index in [1.807, 2.05) is 50.2 Å². The van der Waals surface area contributed by atoms with Crippen LogP contribution in [0, 0.1) is 11.6 Å². The second-order valence-electron chi connectivity index (χ2n) is 12.3. The third-order valence-corrected chi connectivity index (χ3v) is 9.11. The Morgan fingerprint density at radius 3 is 2.14 bits per heavy atom. The van der Waals surface area contributed by atoms with E-state index >= 15 is 0 Å². The van der Waals surface area contributed by atoms with Crippen molar-refractivity contribution < 1.29 is 23.0 Å². The first-order chi connectivity index (χ1) is 23.8. The molecule has 2 saturated heterocycles. The SMILES string of the molecule is CCC(C)n1ncn(-c2ccc(N3CCN(c4ccc(OC[C@H]5CO[C@](Cn6cncn6)(c6cc(F)cc(F)c6)O5)cc4)CC3)cc2)c1=O. The van der Waals surface area contributed by atoms with Gasteiger partial charge in [0.25, 0.3) is 0 Å². The molecule has 5 aromatic rings. The predicted molar refractivity (Wildman–Crippen MR) is 178 cm³/mol. The van der Waals surface area contributed by atoms with Crippen LogP contribution < -0.4 is 20.2 Å². The lowest BCUT2D eigenvalue weighted by Crippen LogP contribution is -2.46. The van der Waals surface area contributed by atoms with Gasteiger partial charge in [0.1, 0.15) is 55.6 Å². The minimum atomic E-state index is -1.45. The van der Waals surface area contributed by atoms with E-state index in [0.717, 1.165) is 55.7 Å². The van der Waals surface area contributed by atoms with Gasteiger partial charge in [-0.05, 0) is 74.0 Å². The van der Waals surface area contributed by atoms with Crippen LogP contribution in [0.2, 0.25) is 0 Å². The summed E-state index contributed by atoms with van der Waals surface area (Å²) in [6.45, 7) is 7.85. The number of anilines is 2. The minimum absolute atomic E-state index is 0.0521. The highest BCUT2D eigenvalue weighted by Gasteiger charge is 2.45. The molecule has 3 atom stereocenters. The summed E-state index contributed by atoms with van der Waals surface area (Å²) in [6, 6.07) is 19.2. The van der Waals surface area contributed by atoms with E-state index in [9.17, 15) is 13.6 Å². The smallest absolute Gasteiger partial charge is 0.350 e. The Hall–Kier alpha value is -5.08. The first-order valence-corrected chi connectivity index (χ1v) is 16.4. The molecule has 0 radical (unpaired) electrons. The summed E-state index contributed by atoms with van der Waals surface area (Å²) in [5.74, 6) is -2.23. The average molecular weight is 673 g/mol. The summed E-state index contributed by atoms with van der Waals surface area (Å²) < 4.78 is 51.2. The van der Waals surface area contributed by atoms with E-state index in [2.05, 4.69) is 37.1 Å². The fourth-order valence-electron chi connectivity index (χ4n) is 6.23. The Kier molecular flexibility index (Phi) is 9.15. The molecule has 49 heavy (non-hydrogen) atoms. The molecule has 0 amide bonds. The van der Waals surface area contributed by atoms with Gasteiger partial charge in [-0.3, -0.25) is 0 Å². The van der Waals surface area contributed by atoms with E-state index in [4.69, 9.17) is 14.2 Å². The van der Waals surface area contributed by atoms with Gasteiger partial charge in [-0.15, -0.1) is 0 Å². The van der Waals surface area contributed by atoms with Gasteiger partial charge < -0.3 is 24.0 Å². The normalized spacial score (nSPS) is 20.1. The van der Waals surface area contributed by atoms with E-state index in [1.54, 1.807) is 10.9 Å². The molecular weight excluding hydrogens is 634 g/mol. The Bertz CT molecular complexity index is 1890. The second-order valence-corrected chi connectivity index (χ2v) is 12.3. The van der Waals surface area contributed by atoms with Gasteiger partial charge in [0.2, 0.25) is 5.79 Å². The first-order valence-electron chi connectivity index (χ1n) is 16.4. The second kappa shape index (κ2) is 13.8. The molecule has 1 unspecified atom stereocenters. The molecular formula is C35H38F2N8O4. The van der Waals surface area contributed by atoms with Gasteiger partial charge in [-0.25, -0.2) is 32.5 Å². The van der Waals surface area contributed by atoms with E-state index in [1.165, 1.54) is 34.2 Å². The average Bonchev–Trinajstić information content (AvgIpc) is 3.88.